The number of hydrogen-bond donors (Lipinski definition) is 2. The minimum Gasteiger partial charge on any atom is -0.480 e. The van der Waals surface area contributed by atoms with Crippen molar-refractivity contribution in [1.82, 2.24) is 10.2 Å². The fourth-order valence-corrected chi connectivity index (χ4v) is 1.33. The predicted molar refractivity (Wildman–Crippen MR) is 52.7 cm³/mol. The average Bonchev–Trinajstić information content (AvgIpc) is 2.42. The standard InChI is InChI=1S/C9H14N2O5/c12-7-1-3-11(4-2-10-7)8(13)5-16-6-9(14)15/h1-6H2,(H,10,12)(H,14,15). The molecular weight excluding hydrogens is 216 g/mol. The van der Waals surface area contributed by atoms with E-state index in [1.165, 1.54) is 4.90 Å². The summed E-state index contributed by atoms with van der Waals surface area (Å²) >= 11 is 0. The number of carboxylic acids is 1. The number of nitrogens with one attached hydrogen (secondary N) is 1. The highest BCUT2D eigenvalue weighted by molar-refractivity contribution is 5.81. The fourth-order valence-electron chi connectivity index (χ4n) is 1.33. The predicted octanol–water partition coefficient (Wildman–Crippen LogP) is -1.56. The monoisotopic (exact) mass is 230 g/mol. The van der Waals surface area contributed by atoms with Crippen molar-refractivity contribution in [3.05, 3.63) is 0 Å². The molecule has 1 aliphatic heterocycles. The molecule has 7 heteroatoms. The zero-order chi connectivity index (χ0) is 12.0. The molecule has 0 atom stereocenters. The molecule has 1 fully saturated rings. The molecule has 0 aromatic carbocycles. The third kappa shape index (κ3) is 4.26. The van der Waals surface area contributed by atoms with Gasteiger partial charge < -0.3 is 20.1 Å². The van der Waals surface area contributed by atoms with Gasteiger partial charge in [0.15, 0.2) is 0 Å². The number of aliphatic carboxylic acids is 1. The molecule has 0 aliphatic carbocycles. The van der Waals surface area contributed by atoms with E-state index in [0.717, 1.165) is 0 Å². The lowest BCUT2D eigenvalue weighted by Crippen LogP contribution is -2.37. The van der Waals surface area contributed by atoms with Crippen LogP contribution >= 0.6 is 0 Å². The van der Waals surface area contributed by atoms with Crippen LogP contribution in [0.3, 0.4) is 0 Å². The third-order valence-corrected chi connectivity index (χ3v) is 2.12. The van der Waals surface area contributed by atoms with E-state index in [2.05, 4.69) is 10.1 Å². The second-order valence-electron chi connectivity index (χ2n) is 3.37. The molecule has 90 valence electrons. The molecule has 1 saturated heterocycles. The summed E-state index contributed by atoms with van der Waals surface area (Å²) in [5.74, 6) is -1.49. The first-order chi connectivity index (χ1) is 7.59. The molecule has 2 amide bonds. The van der Waals surface area contributed by atoms with Gasteiger partial charge in [-0.25, -0.2) is 4.79 Å². The Labute approximate surface area is 92.4 Å². The molecule has 0 radical (unpaired) electrons. The number of amides is 2. The lowest BCUT2D eigenvalue weighted by molar-refractivity contribution is -0.145. The van der Waals surface area contributed by atoms with Crippen LogP contribution in [0.25, 0.3) is 0 Å². The Bertz CT molecular complexity index is 292. The Morgan fingerprint density at radius 3 is 2.81 bits per heavy atom. The Balaban J connectivity index is 2.29. The second-order valence-corrected chi connectivity index (χ2v) is 3.37. The van der Waals surface area contributed by atoms with Crippen LogP contribution in [-0.2, 0) is 19.1 Å². The van der Waals surface area contributed by atoms with Crippen LogP contribution in [-0.4, -0.2) is 60.6 Å². The van der Waals surface area contributed by atoms with Crippen LogP contribution in [0, 0.1) is 0 Å². The summed E-state index contributed by atoms with van der Waals surface area (Å²) in [6, 6.07) is 0. The number of carboxylic acid groups (broad SMARTS) is 1. The molecular formula is C9H14N2O5. The van der Waals surface area contributed by atoms with Gasteiger partial charge >= 0.3 is 5.97 Å². The van der Waals surface area contributed by atoms with Crippen LogP contribution in [0.15, 0.2) is 0 Å². The summed E-state index contributed by atoms with van der Waals surface area (Å²) < 4.78 is 4.68. The van der Waals surface area contributed by atoms with Crippen LogP contribution < -0.4 is 5.32 Å². The number of carbonyl (C=O) groups is 3. The third-order valence-electron chi connectivity index (χ3n) is 2.12. The van der Waals surface area contributed by atoms with E-state index in [1.54, 1.807) is 0 Å². The normalized spacial score (nSPS) is 16.5. The van der Waals surface area contributed by atoms with Gasteiger partial charge in [-0.15, -0.1) is 0 Å². The molecule has 1 heterocycles. The topological polar surface area (TPSA) is 95.9 Å². The maximum atomic E-state index is 11.5. The van der Waals surface area contributed by atoms with Crippen molar-refractivity contribution < 1.29 is 24.2 Å². The van der Waals surface area contributed by atoms with Crippen molar-refractivity contribution in [2.45, 2.75) is 6.42 Å². The maximum Gasteiger partial charge on any atom is 0.329 e. The maximum absolute atomic E-state index is 11.5. The average molecular weight is 230 g/mol. The summed E-state index contributed by atoms with van der Waals surface area (Å²) in [6.07, 6.45) is 0.269. The molecule has 0 bridgehead atoms. The molecule has 1 rings (SSSR count). The second kappa shape index (κ2) is 6.06. The van der Waals surface area contributed by atoms with Crippen LogP contribution in [0.5, 0.6) is 0 Å². The summed E-state index contributed by atoms with van der Waals surface area (Å²) in [6.45, 7) is 0.447. The quantitative estimate of drug-likeness (QED) is 0.608. The van der Waals surface area contributed by atoms with Crippen molar-refractivity contribution in [2.75, 3.05) is 32.8 Å². The SMILES string of the molecule is O=C(O)COCC(=O)N1CCNC(=O)CC1. The fraction of sp³-hybridized carbons (Fsp3) is 0.667. The highest BCUT2D eigenvalue weighted by atomic mass is 16.5. The molecule has 0 aromatic rings. The number of ether oxygens (including phenoxy) is 1. The van der Waals surface area contributed by atoms with Crippen molar-refractivity contribution in [2.24, 2.45) is 0 Å². The van der Waals surface area contributed by atoms with Crippen LogP contribution in [0.4, 0.5) is 0 Å². The van der Waals surface area contributed by atoms with E-state index in [0.29, 0.717) is 19.6 Å². The van der Waals surface area contributed by atoms with Gasteiger partial charge in [0.25, 0.3) is 0 Å². The molecule has 16 heavy (non-hydrogen) atoms. The van der Waals surface area contributed by atoms with Crippen molar-refractivity contribution in [3.8, 4) is 0 Å². The first kappa shape index (κ1) is 12.4. The van der Waals surface area contributed by atoms with E-state index < -0.39 is 12.6 Å². The number of nitrogens with zero attached hydrogens (tertiary/aromatic N) is 1. The van der Waals surface area contributed by atoms with Crippen LogP contribution in [0.2, 0.25) is 0 Å². The van der Waals surface area contributed by atoms with E-state index in [1.807, 2.05) is 0 Å². The molecule has 2 N–H and O–H groups in total. The van der Waals surface area contributed by atoms with Crippen molar-refractivity contribution in [1.29, 1.82) is 0 Å². The van der Waals surface area contributed by atoms with Gasteiger partial charge in [-0.3, -0.25) is 9.59 Å². The van der Waals surface area contributed by atoms with Crippen LogP contribution in [0.1, 0.15) is 6.42 Å². The van der Waals surface area contributed by atoms with E-state index in [-0.39, 0.29) is 24.8 Å². The molecule has 7 nitrogen and oxygen atoms in total. The van der Waals surface area contributed by atoms with E-state index in [9.17, 15) is 14.4 Å². The Morgan fingerprint density at radius 1 is 1.38 bits per heavy atom. The van der Waals surface area contributed by atoms with Gasteiger partial charge in [0.05, 0.1) is 0 Å². The van der Waals surface area contributed by atoms with Gasteiger partial charge in [0.2, 0.25) is 11.8 Å². The molecule has 0 spiro atoms. The Morgan fingerprint density at radius 2 is 2.12 bits per heavy atom. The zero-order valence-corrected chi connectivity index (χ0v) is 8.77. The summed E-state index contributed by atoms with van der Waals surface area (Å²) in [5, 5.41) is 10.9. The van der Waals surface area contributed by atoms with Gasteiger partial charge in [-0.2, -0.15) is 0 Å². The lowest BCUT2D eigenvalue weighted by Gasteiger charge is -2.18. The van der Waals surface area contributed by atoms with Crippen molar-refractivity contribution >= 4 is 17.8 Å². The molecule has 0 unspecified atom stereocenters. The highest BCUT2D eigenvalue weighted by Crippen LogP contribution is 1.97. The lowest BCUT2D eigenvalue weighted by atomic mass is 10.4. The summed E-state index contributed by atoms with van der Waals surface area (Å²) in [7, 11) is 0. The summed E-state index contributed by atoms with van der Waals surface area (Å²) in [4.78, 5) is 34.1. The largest absolute Gasteiger partial charge is 0.480 e. The minimum atomic E-state index is -1.11. The molecule has 0 aromatic heterocycles. The van der Waals surface area contributed by atoms with Gasteiger partial charge in [0.1, 0.15) is 13.2 Å². The zero-order valence-electron chi connectivity index (χ0n) is 8.77. The first-order valence-corrected chi connectivity index (χ1v) is 4.93. The number of hydrogen-bond acceptors (Lipinski definition) is 4. The number of carbonyl (C=O) groups excluding carboxylic acids is 2. The Kier molecular flexibility index (Phi) is 4.71. The molecule has 1 aliphatic rings. The number of rotatable bonds is 4. The van der Waals surface area contributed by atoms with Gasteiger partial charge in [-0.1, -0.05) is 0 Å². The minimum absolute atomic E-state index is 0.0817. The summed E-state index contributed by atoms with van der Waals surface area (Å²) in [5.41, 5.74) is 0. The Hall–Kier alpha value is -1.63. The van der Waals surface area contributed by atoms with Gasteiger partial charge in [0, 0.05) is 26.1 Å². The highest BCUT2D eigenvalue weighted by Gasteiger charge is 2.18. The van der Waals surface area contributed by atoms with Crippen molar-refractivity contribution in [3.63, 3.8) is 0 Å². The molecule has 0 saturated carbocycles. The van der Waals surface area contributed by atoms with Gasteiger partial charge in [-0.05, 0) is 0 Å². The van der Waals surface area contributed by atoms with E-state index in [4.69, 9.17) is 5.11 Å². The smallest absolute Gasteiger partial charge is 0.329 e. The first-order valence-electron chi connectivity index (χ1n) is 4.93. The van der Waals surface area contributed by atoms with E-state index >= 15 is 0 Å².